The van der Waals surface area contributed by atoms with E-state index in [2.05, 4.69) is 30.7 Å². The first-order valence-corrected chi connectivity index (χ1v) is 9.09. The lowest BCUT2D eigenvalue weighted by molar-refractivity contribution is -0.119. The van der Waals surface area contributed by atoms with Crippen LogP contribution in [0, 0.1) is 5.92 Å². The fraction of sp³-hybridized carbons (Fsp3) is 0.263. The van der Waals surface area contributed by atoms with Crippen LogP contribution in [0.15, 0.2) is 42.5 Å². The van der Waals surface area contributed by atoms with Crippen LogP contribution in [-0.2, 0) is 17.8 Å². The first-order valence-electron chi connectivity index (χ1n) is 9.09. The molecule has 1 aliphatic carbocycles. The van der Waals surface area contributed by atoms with Gasteiger partial charge >= 0.3 is 0 Å². The summed E-state index contributed by atoms with van der Waals surface area (Å²) in [7, 11) is 0. The van der Waals surface area contributed by atoms with Crippen molar-refractivity contribution in [3.05, 3.63) is 54.1 Å². The maximum atomic E-state index is 12.1. The van der Waals surface area contributed by atoms with Crippen LogP contribution in [0.4, 0.5) is 0 Å². The monoisotopic (exact) mass is 375 g/mol. The largest absolute Gasteiger partial charge is 0.485 e. The fourth-order valence-corrected chi connectivity index (χ4v) is 3.06. The third-order valence-electron chi connectivity index (χ3n) is 4.68. The van der Waals surface area contributed by atoms with Crippen LogP contribution in [0.5, 0.6) is 5.75 Å². The average Bonchev–Trinajstić information content (AvgIpc) is 3.28. The Morgan fingerprint density at radius 1 is 1.14 bits per heavy atom. The van der Waals surface area contributed by atoms with Gasteiger partial charge in [-0.3, -0.25) is 4.79 Å². The van der Waals surface area contributed by atoms with Crippen molar-refractivity contribution >= 4 is 11.4 Å². The second kappa shape index (κ2) is 6.84. The van der Waals surface area contributed by atoms with Gasteiger partial charge in [0.15, 0.2) is 18.1 Å². The van der Waals surface area contributed by atoms with E-state index in [4.69, 9.17) is 4.74 Å². The summed E-state index contributed by atoms with van der Waals surface area (Å²) in [5.74, 6) is 2.22. The Morgan fingerprint density at radius 3 is 2.75 bits per heavy atom. The molecule has 1 saturated carbocycles. The predicted molar refractivity (Wildman–Crippen MR) is 98.4 cm³/mol. The van der Waals surface area contributed by atoms with E-state index in [1.165, 1.54) is 0 Å². The van der Waals surface area contributed by atoms with Crippen LogP contribution in [-0.4, -0.2) is 41.0 Å². The summed E-state index contributed by atoms with van der Waals surface area (Å²) in [5, 5.41) is 18.2. The van der Waals surface area contributed by atoms with Gasteiger partial charge in [0.05, 0.1) is 12.1 Å². The molecule has 28 heavy (non-hydrogen) atoms. The number of hydrogen-bond acceptors (Lipinski definition) is 7. The van der Waals surface area contributed by atoms with Gasteiger partial charge in [-0.15, -0.1) is 10.2 Å². The van der Waals surface area contributed by atoms with Crippen molar-refractivity contribution in [2.24, 2.45) is 5.92 Å². The SMILES string of the molecule is O=C(Cc1nc2cccc(-c3ccc(OCc4nn[nH]n4)cc3)n2n1)C1CC1. The first kappa shape index (κ1) is 16.5. The number of benzene rings is 1. The maximum absolute atomic E-state index is 12.1. The number of tetrazole rings is 1. The zero-order valence-corrected chi connectivity index (χ0v) is 14.9. The minimum Gasteiger partial charge on any atom is -0.485 e. The van der Waals surface area contributed by atoms with Crippen molar-refractivity contribution in [3.8, 4) is 17.0 Å². The molecule has 0 radical (unpaired) electrons. The molecule has 1 N–H and O–H groups in total. The number of ketones is 1. The molecule has 5 rings (SSSR count). The molecule has 9 nitrogen and oxygen atoms in total. The lowest BCUT2D eigenvalue weighted by Gasteiger charge is -2.07. The molecule has 9 heteroatoms. The Morgan fingerprint density at radius 2 is 2.00 bits per heavy atom. The summed E-state index contributed by atoms with van der Waals surface area (Å²) >= 11 is 0. The zero-order chi connectivity index (χ0) is 18.9. The molecule has 1 aliphatic rings. The van der Waals surface area contributed by atoms with E-state index < -0.39 is 0 Å². The molecule has 3 aromatic heterocycles. The molecule has 0 bridgehead atoms. The highest BCUT2D eigenvalue weighted by molar-refractivity contribution is 5.84. The number of hydrogen-bond donors (Lipinski definition) is 1. The Hall–Kier alpha value is -3.62. The van der Waals surface area contributed by atoms with E-state index in [0.717, 1.165) is 29.7 Å². The quantitative estimate of drug-likeness (QED) is 0.526. The van der Waals surface area contributed by atoms with Gasteiger partial charge in [0, 0.05) is 11.5 Å². The molecule has 1 fully saturated rings. The normalized spacial score (nSPS) is 13.7. The number of pyridine rings is 1. The van der Waals surface area contributed by atoms with Crippen LogP contribution in [0.3, 0.4) is 0 Å². The van der Waals surface area contributed by atoms with Crippen molar-refractivity contribution in [1.29, 1.82) is 0 Å². The standard InChI is InChI=1S/C19H17N7O2/c27-16(13-4-5-13)10-17-20-19-3-1-2-15(26(19)23-17)12-6-8-14(9-7-12)28-11-18-21-24-25-22-18/h1-3,6-9,13H,4-5,10-11H2,(H,21,22,24,25). The number of fused-ring (bicyclic) bond motifs is 1. The Balaban J connectivity index is 1.37. The number of ether oxygens (including phenoxy) is 1. The van der Waals surface area contributed by atoms with Gasteiger partial charge in [-0.05, 0) is 49.2 Å². The van der Waals surface area contributed by atoms with Crippen LogP contribution in [0.2, 0.25) is 0 Å². The minimum atomic E-state index is 0.214. The van der Waals surface area contributed by atoms with Gasteiger partial charge in [-0.2, -0.15) is 10.3 Å². The highest BCUT2D eigenvalue weighted by Crippen LogP contribution is 2.31. The van der Waals surface area contributed by atoms with E-state index in [1.54, 1.807) is 4.52 Å². The van der Waals surface area contributed by atoms with E-state index in [0.29, 0.717) is 23.8 Å². The molecule has 0 spiro atoms. The minimum absolute atomic E-state index is 0.214. The van der Waals surface area contributed by atoms with E-state index in [1.807, 2.05) is 42.5 Å². The lowest BCUT2D eigenvalue weighted by Crippen LogP contribution is -2.06. The fourth-order valence-electron chi connectivity index (χ4n) is 3.06. The second-order valence-corrected chi connectivity index (χ2v) is 6.77. The highest BCUT2D eigenvalue weighted by Gasteiger charge is 2.30. The summed E-state index contributed by atoms with van der Waals surface area (Å²) in [6.45, 7) is 0.243. The number of aromatic nitrogens is 7. The Labute approximate surface area is 159 Å². The van der Waals surface area contributed by atoms with Gasteiger partial charge < -0.3 is 4.74 Å². The van der Waals surface area contributed by atoms with Crippen LogP contribution >= 0.6 is 0 Å². The molecular formula is C19H17N7O2. The van der Waals surface area contributed by atoms with Crippen LogP contribution in [0.25, 0.3) is 16.9 Å². The second-order valence-electron chi connectivity index (χ2n) is 6.77. The summed E-state index contributed by atoms with van der Waals surface area (Å²) in [4.78, 5) is 16.6. The van der Waals surface area contributed by atoms with E-state index in [-0.39, 0.29) is 18.3 Å². The number of nitrogens with one attached hydrogen (secondary N) is 1. The average molecular weight is 375 g/mol. The molecule has 0 amide bonds. The number of carbonyl (C=O) groups is 1. The predicted octanol–water partition coefficient (Wildman–Crippen LogP) is 2.01. The number of nitrogens with zero attached hydrogens (tertiary/aromatic N) is 6. The van der Waals surface area contributed by atoms with Gasteiger partial charge in [0.1, 0.15) is 11.5 Å². The third-order valence-corrected chi connectivity index (χ3v) is 4.68. The van der Waals surface area contributed by atoms with Crippen molar-refractivity contribution in [1.82, 2.24) is 35.2 Å². The third kappa shape index (κ3) is 3.34. The highest BCUT2D eigenvalue weighted by atomic mass is 16.5. The summed E-state index contributed by atoms with van der Waals surface area (Å²) in [5.41, 5.74) is 2.61. The Bertz CT molecular complexity index is 1120. The lowest BCUT2D eigenvalue weighted by atomic mass is 10.1. The molecule has 0 atom stereocenters. The van der Waals surface area contributed by atoms with E-state index in [9.17, 15) is 4.79 Å². The molecule has 0 unspecified atom stereocenters. The van der Waals surface area contributed by atoms with Gasteiger partial charge in [-0.1, -0.05) is 11.3 Å². The molecule has 4 aromatic rings. The number of rotatable bonds is 7. The van der Waals surface area contributed by atoms with Crippen LogP contribution < -0.4 is 4.74 Å². The topological polar surface area (TPSA) is 111 Å². The first-order chi connectivity index (χ1) is 13.8. The van der Waals surface area contributed by atoms with Crippen LogP contribution in [0.1, 0.15) is 24.5 Å². The Kier molecular flexibility index (Phi) is 4.04. The van der Waals surface area contributed by atoms with Crippen molar-refractivity contribution in [3.63, 3.8) is 0 Å². The van der Waals surface area contributed by atoms with Crippen molar-refractivity contribution in [2.45, 2.75) is 25.9 Å². The van der Waals surface area contributed by atoms with Gasteiger partial charge in [0.2, 0.25) is 5.82 Å². The summed E-state index contributed by atoms with van der Waals surface area (Å²) < 4.78 is 7.43. The summed E-state index contributed by atoms with van der Waals surface area (Å²) in [6.07, 6.45) is 2.30. The van der Waals surface area contributed by atoms with Crippen molar-refractivity contribution in [2.75, 3.05) is 0 Å². The molecular weight excluding hydrogens is 358 g/mol. The molecule has 3 heterocycles. The van der Waals surface area contributed by atoms with Gasteiger partial charge in [0.25, 0.3) is 0 Å². The molecule has 1 aromatic carbocycles. The number of carbonyl (C=O) groups excluding carboxylic acids is 1. The molecule has 0 aliphatic heterocycles. The van der Waals surface area contributed by atoms with Crippen molar-refractivity contribution < 1.29 is 9.53 Å². The zero-order valence-electron chi connectivity index (χ0n) is 14.9. The number of aromatic amines is 1. The molecule has 140 valence electrons. The maximum Gasteiger partial charge on any atom is 0.211 e. The number of H-pyrrole nitrogens is 1. The van der Waals surface area contributed by atoms with E-state index >= 15 is 0 Å². The summed E-state index contributed by atoms with van der Waals surface area (Å²) in [6, 6.07) is 13.5. The molecule has 0 saturated heterocycles. The smallest absolute Gasteiger partial charge is 0.211 e. The number of Topliss-reactive ketones (excluding diaryl/α,β-unsaturated/α-hetero) is 1. The van der Waals surface area contributed by atoms with Gasteiger partial charge in [-0.25, -0.2) is 9.50 Å².